The minimum atomic E-state index is -3.13. The van der Waals surface area contributed by atoms with Gasteiger partial charge in [-0.3, -0.25) is 0 Å². The van der Waals surface area contributed by atoms with Crippen LogP contribution in [0.4, 0.5) is 16.2 Å². The quantitative estimate of drug-likeness (QED) is 0.884. The van der Waals surface area contributed by atoms with E-state index in [1.165, 1.54) is 6.26 Å². The average Bonchev–Trinajstić information content (AvgIpc) is 2.46. The van der Waals surface area contributed by atoms with E-state index in [2.05, 4.69) is 10.6 Å². The van der Waals surface area contributed by atoms with E-state index in [0.29, 0.717) is 11.3 Å². The number of para-hydroxylation sites is 1. The third-order valence-corrected chi connectivity index (χ3v) is 4.67. The van der Waals surface area contributed by atoms with Crippen LogP contribution in [0.5, 0.6) is 0 Å². The lowest BCUT2D eigenvalue weighted by Crippen LogP contribution is -2.21. The van der Waals surface area contributed by atoms with Gasteiger partial charge in [-0.05, 0) is 49.1 Å². The summed E-state index contributed by atoms with van der Waals surface area (Å²) < 4.78 is 23.0. The summed E-state index contributed by atoms with van der Waals surface area (Å²) in [6.45, 7) is 5.66. The largest absolute Gasteiger partial charge is 0.323 e. The zero-order valence-electron chi connectivity index (χ0n) is 14.3. The van der Waals surface area contributed by atoms with Crippen LogP contribution in [0.1, 0.15) is 22.3 Å². The highest BCUT2D eigenvalue weighted by molar-refractivity contribution is 7.89. The minimum Gasteiger partial charge on any atom is -0.307 e. The van der Waals surface area contributed by atoms with Gasteiger partial charge in [0.05, 0.1) is 5.75 Å². The molecular weight excluding hydrogens is 324 g/mol. The van der Waals surface area contributed by atoms with E-state index in [0.717, 1.165) is 22.4 Å². The molecule has 0 aliphatic carbocycles. The molecule has 0 unspecified atom stereocenters. The van der Waals surface area contributed by atoms with Crippen LogP contribution in [0.2, 0.25) is 0 Å². The zero-order chi connectivity index (χ0) is 17.9. The molecule has 0 aromatic heterocycles. The Morgan fingerprint density at radius 3 is 2.12 bits per heavy atom. The van der Waals surface area contributed by atoms with E-state index in [-0.39, 0.29) is 11.8 Å². The molecule has 0 saturated heterocycles. The highest BCUT2D eigenvalue weighted by Crippen LogP contribution is 2.23. The first-order valence-electron chi connectivity index (χ1n) is 7.58. The molecule has 0 bridgehead atoms. The van der Waals surface area contributed by atoms with Gasteiger partial charge in [0.25, 0.3) is 0 Å². The Labute approximate surface area is 143 Å². The number of aryl methyl sites for hydroxylation is 2. The zero-order valence-corrected chi connectivity index (χ0v) is 15.1. The third-order valence-electron chi connectivity index (χ3n) is 3.83. The molecule has 2 aromatic rings. The summed E-state index contributed by atoms with van der Waals surface area (Å²) in [5, 5.41) is 5.65. The van der Waals surface area contributed by atoms with Gasteiger partial charge >= 0.3 is 6.03 Å². The first kappa shape index (κ1) is 18.0. The first-order chi connectivity index (χ1) is 11.2. The molecule has 0 atom stereocenters. The van der Waals surface area contributed by atoms with Crippen molar-refractivity contribution in [3.63, 3.8) is 0 Å². The lowest BCUT2D eigenvalue weighted by molar-refractivity contribution is 0.262. The second-order valence-electron chi connectivity index (χ2n) is 6.01. The van der Waals surface area contributed by atoms with E-state index >= 15 is 0 Å². The van der Waals surface area contributed by atoms with Crippen molar-refractivity contribution >= 4 is 27.2 Å². The standard InChI is InChI=1S/C18H22N2O3S/c1-12-7-5-8-13(2)17(12)20-18(21)19-16-10-6-9-15(14(16)3)11-24(4,22)23/h5-10H,11H2,1-4H3,(H2,19,20,21). The van der Waals surface area contributed by atoms with Crippen LogP contribution < -0.4 is 10.6 Å². The van der Waals surface area contributed by atoms with Crippen LogP contribution in [0, 0.1) is 20.8 Å². The smallest absolute Gasteiger partial charge is 0.307 e. The van der Waals surface area contributed by atoms with Crippen LogP contribution >= 0.6 is 0 Å². The number of amides is 2. The predicted molar refractivity (Wildman–Crippen MR) is 98.3 cm³/mol. The lowest BCUT2D eigenvalue weighted by Gasteiger charge is -2.15. The summed E-state index contributed by atoms with van der Waals surface area (Å²) in [7, 11) is -3.13. The summed E-state index contributed by atoms with van der Waals surface area (Å²) in [6, 6.07) is 10.7. The number of carbonyl (C=O) groups excluding carboxylic acids is 1. The molecule has 6 heteroatoms. The van der Waals surface area contributed by atoms with E-state index in [1.807, 2.05) is 32.0 Å². The molecular formula is C18H22N2O3S. The average molecular weight is 346 g/mol. The molecule has 2 aromatic carbocycles. The number of urea groups is 1. The summed E-state index contributed by atoms with van der Waals surface area (Å²) in [5.74, 6) is -0.0487. The number of rotatable bonds is 4. The van der Waals surface area contributed by atoms with E-state index < -0.39 is 9.84 Å². The monoisotopic (exact) mass is 346 g/mol. The van der Waals surface area contributed by atoms with Crippen molar-refractivity contribution in [1.29, 1.82) is 0 Å². The maximum Gasteiger partial charge on any atom is 0.323 e. The third kappa shape index (κ3) is 4.58. The molecule has 5 nitrogen and oxygen atoms in total. The van der Waals surface area contributed by atoms with Gasteiger partial charge in [-0.2, -0.15) is 0 Å². The van der Waals surface area contributed by atoms with Gasteiger partial charge in [0, 0.05) is 17.6 Å². The van der Waals surface area contributed by atoms with Crippen molar-refractivity contribution in [3.8, 4) is 0 Å². The first-order valence-corrected chi connectivity index (χ1v) is 9.64. The Hall–Kier alpha value is -2.34. The summed E-state index contributed by atoms with van der Waals surface area (Å²) in [5.41, 5.74) is 4.77. The van der Waals surface area contributed by atoms with Crippen molar-refractivity contribution in [2.45, 2.75) is 26.5 Å². The highest BCUT2D eigenvalue weighted by Gasteiger charge is 2.12. The van der Waals surface area contributed by atoms with Crippen LogP contribution in [-0.2, 0) is 15.6 Å². The fraction of sp³-hybridized carbons (Fsp3) is 0.278. The molecule has 0 fully saturated rings. The second kappa shape index (κ2) is 7.05. The Morgan fingerprint density at radius 2 is 1.54 bits per heavy atom. The summed E-state index contributed by atoms with van der Waals surface area (Å²) >= 11 is 0. The second-order valence-corrected chi connectivity index (χ2v) is 8.15. The predicted octanol–water partition coefficient (Wildman–Crippen LogP) is 3.80. The van der Waals surface area contributed by atoms with Gasteiger partial charge in [0.15, 0.2) is 9.84 Å². The Kier molecular flexibility index (Phi) is 5.29. The lowest BCUT2D eigenvalue weighted by atomic mass is 10.1. The van der Waals surface area contributed by atoms with Gasteiger partial charge in [-0.15, -0.1) is 0 Å². The summed E-state index contributed by atoms with van der Waals surface area (Å²) in [4.78, 5) is 12.3. The molecule has 128 valence electrons. The number of anilines is 2. The Morgan fingerprint density at radius 1 is 0.958 bits per heavy atom. The maximum atomic E-state index is 12.3. The minimum absolute atomic E-state index is 0.0487. The van der Waals surface area contributed by atoms with Crippen molar-refractivity contribution < 1.29 is 13.2 Å². The normalized spacial score (nSPS) is 11.2. The van der Waals surface area contributed by atoms with Crippen molar-refractivity contribution in [1.82, 2.24) is 0 Å². The van der Waals surface area contributed by atoms with Crippen LogP contribution in [-0.4, -0.2) is 20.7 Å². The number of carbonyl (C=O) groups is 1. The van der Waals surface area contributed by atoms with E-state index in [1.54, 1.807) is 25.1 Å². The molecule has 0 spiro atoms. The molecule has 2 rings (SSSR count). The van der Waals surface area contributed by atoms with Gasteiger partial charge in [-0.1, -0.05) is 30.3 Å². The number of benzene rings is 2. The van der Waals surface area contributed by atoms with Crippen molar-refractivity contribution in [2.75, 3.05) is 16.9 Å². The molecule has 0 radical (unpaired) electrons. The molecule has 0 aliphatic heterocycles. The van der Waals surface area contributed by atoms with Gasteiger partial charge in [0.2, 0.25) is 0 Å². The number of sulfone groups is 1. The SMILES string of the molecule is Cc1cccc(C)c1NC(=O)Nc1cccc(CS(C)(=O)=O)c1C. The molecule has 0 aliphatic rings. The van der Waals surface area contributed by atoms with Gasteiger partial charge in [0.1, 0.15) is 0 Å². The van der Waals surface area contributed by atoms with Gasteiger partial charge < -0.3 is 10.6 Å². The van der Waals surface area contributed by atoms with Crippen LogP contribution in [0.15, 0.2) is 36.4 Å². The molecule has 24 heavy (non-hydrogen) atoms. The highest BCUT2D eigenvalue weighted by atomic mass is 32.2. The Balaban J connectivity index is 2.19. The van der Waals surface area contributed by atoms with E-state index in [4.69, 9.17) is 0 Å². The van der Waals surface area contributed by atoms with Crippen molar-refractivity contribution in [2.24, 2.45) is 0 Å². The fourth-order valence-electron chi connectivity index (χ4n) is 2.54. The van der Waals surface area contributed by atoms with Crippen molar-refractivity contribution in [3.05, 3.63) is 58.7 Å². The Bertz CT molecular complexity index is 854. The molecule has 2 amide bonds. The number of hydrogen-bond acceptors (Lipinski definition) is 3. The topological polar surface area (TPSA) is 75.3 Å². The maximum absolute atomic E-state index is 12.3. The molecule has 0 heterocycles. The number of nitrogens with one attached hydrogen (secondary N) is 2. The van der Waals surface area contributed by atoms with Crippen LogP contribution in [0.25, 0.3) is 0 Å². The molecule has 2 N–H and O–H groups in total. The molecule has 0 saturated carbocycles. The summed E-state index contributed by atoms with van der Waals surface area (Å²) in [6.07, 6.45) is 1.19. The van der Waals surface area contributed by atoms with Gasteiger partial charge in [-0.25, -0.2) is 13.2 Å². The number of hydrogen-bond donors (Lipinski definition) is 2. The fourth-order valence-corrected chi connectivity index (χ4v) is 3.41. The van der Waals surface area contributed by atoms with E-state index in [9.17, 15) is 13.2 Å². The van der Waals surface area contributed by atoms with Crippen LogP contribution in [0.3, 0.4) is 0 Å².